The highest BCUT2D eigenvalue weighted by molar-refractivity contribution is 7.90. The Morgan fingerprint density at radius 2 is 1.96 bits per heavy atom. The highest BCUT2D eigenvalue weighted by Crippen LogP contribution is 2.23. The number of hydrogen-bond acceptors (Lipinski definition) is 7. The molecule has 0 aliphatic rings. The van der Waals surface area contributed by atoms with Gasteiger partial charge in [-0.25, -0.2) is 22.9 Å². The van der Waals surface area contributed by atoms with Crippen molar-refractivity contribution in [2.24, 2.45) is 0 Å². The summed E-state index contributed by atoms with van der Waals surface area (Å²) in [4.78, 5) is 25.5. The number of hydrogen-bond donors (Lipinski definition) is 2. The molecule has 2 rings (SSSR count). The molecule has 0 radical (unpaired) electrons. The lowest BCUT2D eigenvalue weighted by Crippen LogP contribution is -2.35. The van der Waals surface area contributed by atoms with E-state index in [2.05, 4.69) is 10.3 Å². The Morgan fingerprint density at radius 1 is 1.31 bits per heavy atom. The molecule has 2 amide bonds. The Bertz CT molecular complexity index is 1040. The minimum Gasteiger partial charge on any atom is -0.290 e. The number of nitriles is 1. The van der Waals surface area contributed by atoms with E-state index >= 15 is 0 Å². The van der Waals surface area contributed by atoms with Gasteiger partial charge in [0, 0.05) is 11.8 Å². The lowest BCUT2D eigenvalue weighted by molar-refractivity contribution is -0.387. The summed E-state index contributed by atoms with van der Waals surface area (Å²) in [6, 6.07) is 6.91. The molecule has 0 atom stereocenters. The normalized spacial score (nSPS) is 10.7. The van der Waals surface area contributed by atoms with Gasteiger partial charge < -0.3 is 0 Å². The molecule has 1 aromatic heterocycles. The number of nitrogens with one attached hydrogen (secondary N) is 2. The number of sulfonamides is 1. The van der Waals surface area contributed by atoms with Gasteiger partial charge in [-0.2, -0.15) is 5.26 Å². The van der Waals surface area contributed by atoms with Crippen molar-refractivity contribution in [3.63, 3.8) is 0 Å². The number of pyridine rings is 1. The van der Waals surface area contributed by atoms with Crippen LogP contribution in [0.25, 0.3) is 0 Å². The van der Waals surface area contributed by atoms with Crippen molar-refractivity contribution >= 4 is 27.6 Å². The highest BCUT2D eigenvalue weighted by atomic mass is 32.2. The van der Waals surface area contributed by atoms with E-state index in [0.717, 1.165) is 12.1 Å². The van der Waals surface area contributed by atoms with Gasteiger partial charge in [0.15, 0.2) is 10.7 Å². The quantitative estimate of drug-likeness (QED) is 0.611. The number of nitro benzene ring substituents is 1. The maximum Gasteiger partial charge on any atom is 0.334 e. The maximum absolute atomic E-state index is 12.3. The van der Waals surface area contributed by atoms with Crippen LogP contribution in [0.15, 0.2) is 35.2 Å². The summed E-state index contributed by atoms with van der Waals surface area (Å²) in [5.74, 6) is -0.111. The Morgan fingerprint density at radius 3 is 2.58 bits per heavy atom. The van der Waals surface area contributed by atoms with Crippen LogP contribution < -0.4 is 10.0 Å². The maximum atomic E-state index is 12.3. The van der Waals surface area contributed by atoms with Crippen molar-refractivity contribution < 1.29 is 18.1 Å². The monoisotopic (exact) mass is 375 g/mol. The number of carbonyl (C=O) groups excluding carboxylic acids is 1. The molecule has 0 fully saturated rings. The molecule has 0 aliphatic heterocycles. The molecule has 10 nitrogen and oxygen atoms in total. The molecule has 1 aromatic carbocycles. The molecule has 0 saturated carbocycles. The van der Waals surface area contributed by atoms with Gasteiger partial charge in [-0.15, -0.1) is 0 Å². The summed E-state index contributed by atoms with van der Waals surface area (Å²) < 4.78 is 26.2. The van der Waals surface area contributed by atoms with Gasteiger partial charge in [-0.1, -0.05) is 12.1 Å². The van der Waals surface area contributed by atoms with Crippen LogP contribution in [-0.4, -0.2) is 24.4 Å². The molecular weight excluding hydrogens is 362 g/mol. The van der Waals surface area contributed by atoms with Crippen LogP contribution in [0.2, 0.25) is 0 Å². The summed E-state index contributed by atoms with van der Waals surface area (Å²) in [6.45, 7) is 3.28. The lowest BCUT2D eigenvalue weighted by Gasteiger charge is -2.11. The predicted molar refractivity (Wildman–Crippen MR) is 90.9 cm³/mol. The zero-order valence-electron chi connectivity index (χ0n) is 13.7. The first-order valence-corrected chi connectivity index (χ1v) is 8.59. The van der Waals surface area contributed by atoms with Crippen molar-refractivity contribution in [2.75, 3.05) is 5.32 Å². The Hall–Kier alpha value is -3.52. The molecule has 1 heterocycles. The van der Waals surface area contributed by atoms with Crippen molar-refractivity contribution in [1.82, 2.24) is 9.71 Å². The largest absolute Gasteiger partial charge is 0.334 e. The zero-order chi connectivity index (χ0) is 19.5. The number of amides is 2. The third-order valence-electron chi connectivity index (χ3n) is 3.27. The SMILES string of the molecule is Cc1cc(C)c(C#N)c(NC(=O)NS(=O)(=O)c2ccccc2[N+](=O)[O-])n1. The first-order chi connectivity index (χ1) is 12.2. The Balaban J connectivity index is 2.32. The summed E-state index contributed by atoms with van der Waals surface area (Å²) in [5.41, 5.74) is 0.471. The van der Waals surface area contributed by atoms with E-state index in [1.54, 1.807) is 24.6 Å². The summed E-state index contributed by atoms with van der Waals surface area (Å²) in [5, 5.41) is 22.3. The number of urea groups is 1. The summed E-state index contributed by atoms with van der Waals surface area (Å²) in [7, 11) is -4.51. The number of rotatable bonds is 4. The molecule has 0 spiro atoms. The van der Waals surface area contributed by atoms with Gasteiger partial charge in [-0.05, 0) is 31.5 Å². The molecule has 11 heteroatoms. The zero-order valence-corrected chi connectivity index (χ0v) is 14.5. The van der Waals surface area contributed by atoms with E-state index in [9.17, 15) is 23.3 Å². The molecule has 0 unspecified atom stereocenters. The number of aryl methyl sites for hydroxylation is 2. The molecule has 2 N–H and O–H groups in total. The smallest absolute Gasteiger partial charge is 0.290 e. The van der Waals surface area contributed by atoms with E-state index in [1.807, 2.05) is 6.07 Å². The van der Waals surface area contributed by atoms with E-state index in [-0.39, 0.29) is 11.4 Å². The first kappa shape index (κ1) is 18.8. The number of carbonyl (C=O) groups is 1. The van der Waals surface area contributed by atoms with E-state index in [4.69, 9.17) is 5.26 Å². The van der Waals surface area contributed by atoms with Gasteiger partial charge >= 0.3 is 6.03 Å². The molecule has 134 valence electrons. The van der Waals surface area contributed by atoms with Crippen LogP contribution in [0.3, 0.4) is 0 Å². The van der Waals surface area contributed by atoms with Crippen LogP contribution in [-0.2, 0) is 10.0 Å². The standard InChI is InChI=1S/C15H13N5O5S/c1-9-7-10(2)17-14(11(9)8-16)18-15(21)19-26(24,25)13-6-4-3-5-12(13)20(22)23/h3-7H,1-2H3,(H2,17,18,19,21). The van der Waals surface area contributed by atoms with Gasteiger partial charge in [0.05, 0.1) is 10.5 Å². The molecular formula is C15H13N5O5S. The van der Waals surface area contributed by atoms with Crippen LogP contribution in [0.5, 0.6) is 0 Å². The van der Waals surface area contributed by atoms with Gasteiger partial charge in [0.25, 0.3) is 15.7 Å². The van der Waals surface area contributed by atoms with Crippen LogP contribution in [0.1, 0.15) is 16.8 Å². The molecule has 0 bridgehead atoms. The number of nitro groups is 1. The second kappa shape index (κ2) is 7.16. The average molecular weight is 375 g/mol. The molecule has 2 aromatic rings. The van der Waals surface area contributed by atoms with Crippen molar-refractivity contribution in [1.29, 1.82) is 5.26 Å². The van der Waals surface area contributed by atoms with E-state index in [0.29, 0.717) is 11.3 Å². The third kappa shape index (κ3) is 3.93. The van der Waals surface area contributed by atoms with E-state index < -0.39 is 31.6 Å². The minimum absolute atomic E-state index is 0.0776. The average Bonchev–Trinajstić information content (AvgIpc) is 2.53. The van der Waals surface area contributed by atoms with Crippen LogP contribution in [0.4, 0.5) is 16.3 Å². The number of aromatic nitrogens is 1. The Kier molecular flexibility index (Phi) is 5.18. The Labute approximate surface area is 148 Å². The van der Waals surface area contributed by atoms with Crippen LogP contribution in [0, 0.1) is 35.3 Å². The van der Waals surface area contributed by atoms with Gasteiger partial charge in [0.2, 0.25) is 0 Å². The lowest BCUT2D eigenvalue weighted by atomic mass is 10.1. The first-order valence-electron chi connectivity index (χ1n) is 7.11. The summed E-state index contributed by atoms with van der Waals surface area (Å²) in [6.07, 6.45) is 0. The molecule has 26 heavy (non-hydrogen) atoms. The highest BCUT2D eigenvalue weighted by Gasteiger charge is 2.27. The van der Waals surface area contributed by atoms with Gasteiger partial charge in [0.1, 0.15) is 6.07 Å². The second-order valence-corrected chi connectivity index (χ2v) is 6.85. The number of para-hydroxylation sites is 1. The summed E-state index contributed by atoms with van der Waals surface area (Å²) >= 11 is 0. The van der Waals surface area contributed by atoms with E-state index in [1.165, 1.54) is 12.1 Å². The number of anilines is 1. The second-order valence-electron chi connectivity index (χ2n) is 5.20. The fourth-order valence-electron chi connectivity index (χ4n) is 2.21. The van der Waals surface area contributed by atoms with Crippen molar-refractivity contribution in [3.8, 4) is 6.07 Å². The minimum atomic E-state index is -4.51. The molecule has 0 saturated heterocycles. The van der Waals surface area contributed by atoms with Gasteiger partial charge in [-0.3, -0.25) is 15.4 Å². The van der Waals surface area contributed by atoms with Crippen molar-refractivity contribution in [3.05, 3.63) is 57.3 Å². The molecule has 0 aliphatic carbocycles. The third-order valence-corrected chi connectivity index (χ3v) is 4.65. The van der Waals surface area contributed by atoms with Crippen LogP contribution >= 0.6 is 0 Å². The fourth-order valence-corrected chi connectivity index (χ4v) is 3.29. The number of nitrogens with zero attached hydrogens (tertiary/aromatic N) is 3. The fraction of sp³-hybridized carbons (Fsp3) is 0.133. The number of benzene rings is 1. The topological polar surface area (TPSA) is 155 Å². The predicted octanol–water partition coefficient (Wildman–Crippen LogP) is 1.99. The van der Waals surface area contributed by atoms with Crippen molar-refractivity contribution in [2.45, 2.75) is 18.7 Å².